The third kappa shape index (κ3) is 13.0. The largest absolute Gasteiger partial charge is 0.367 e. The normalized spacial score (nSPS) is 40.1. The van der Waals surface area contributed by atoms with Crippen molar-refractivity contribution in [2.75, 3.05) is 17.3 Å². The van der Waals surface area contributed by atoms with Gasteiger partial charge in [-0.2, -0.15) is 0 Å². The molecule has 22 heavy (non-hydrogen) atoms. The summed E-state index contributed by atoms with van der Waals surface area (Å²) in [6.45, 7) is 6.10. The number of aliphatic hydroxyl groups excluding tert-OH is 1. The summed E-state index contributed by atoms with van der Waals surface area (Å²) in [5, 5.41) is 8.66. The van der Waals surface area contributed by atoms with Crippen molar-refractivity contribution in [3.8, 4) is 0 Å². The van der Waals surface area contributed by atoms with Crippen molar-refractivity contribution in [1.82, 2.24) is 0 Å². The standard InChI is InChI=1S/2C4H7IOS.C4H8O2S.Ac/c3*1-3-6-4(5)2-7-3;/h2*3-4H,2H2,1H3;3-5H,2H2,1H3;/t3-,4+;3-,4-;3-,4?;/m000./s1. The molecule has 0 aliphatic carbocycles. The Balaban J connectivity index is 0.000000294. The Labute approximate surface area is 209 Å². The van der Waals surface area contributed by atoms with Crippen LogP contribution in [-0.4, -0.2) is 53.2 Å². The van der Waals surface area contributed by atoms with Crippen molar-refractivity contribution in [3.63, 3.8) is 0 Å². The fraction of sp³-hybridized carbons (Fsp3) is 1.00. The zero-order valence-corrected chi connectivity index (χ0v) is 24.3. The molecule has 4 nitrogen and oxygen atoms in total. The summed E-state index contributed by atoms with van der Waals surface area (Å²) >= 11 is 9.99. The van der Waals surface area contributed by atoms with Gasteiger partial charge in [0.05, 0.1) is 0 Å². The number of ether oxygens (including phenoxy) is 3. The molecule has 0 aromatic heterocycles. The minimum absolute atomic E-state index is 0. The van der Waals surface area contributed by atoms with Gasteiger partial charge in [0.15, 0.2) is 6.29 Å². The van der Waals surface area contributed by atoms with E-state index in [2.05, 4.69) is 59.0 Å². The minimum Gasteiger partial charge on any atom is -0.367 e. The summed E-state index contributed by atoms with van der Waals surface area (Å²) in [4.78, 5) is 0. The van der Waals surface area contributed by atoms with E-state index in [-0.39, 0.29) is 49.5 Å². The van der Waals surface area contributed by atoms with Crippen LogP contribution < -0.4 is 0 Å². The molecule has 10 heteroatoms. The number of aliphatic hydroxyl groups is 1. The molecule has 129 valence electrons. The molecule has 0 saturated carbocycles. The predicted molar refractivity (Wildman–Crippen MR) is 111 cm³/mol. The van der Waals surface area contributed by atoms with Gasteiger partial charge in [-0.05, 0) is 20.8 Å². The van der Waals surface area contributed by atoms with Crippen LogP contribution in [0.4, 0.5) is 0 Å². The molecular weight excluding hydrogens is 785 g/mol. The number of alkyl halides is 2. The van der Waals surface area contributed by atoms with Gasteiger partial charge in [0.25, 0.3) is 0 Å². The maximum atomic E-state index is 8.66. The predicted octanol–water partition coefficient (Wildman–Crippen LogP) is 4.13. The van der Waals surface area contributed by atoms with Crippen LogP contribution in [0.25, 0.3) is 0 Å². The van der Waals surface area contributed by atoms with Crippen molar-refractivity contribution in [2.24, 2.45) is 0 Å². The number of hydrogen-bond donors (Lipinski definition) is 1. The first-order valence-corrected chi connectivity index (χ1v) is 12.3. The van der Waals surface area contributed by atoms with Crippen LogP contribution in [0.3, 0.4) is 0 Å². The topological polar surface area (TPSA) is 47.9 Å². The average molecular weight is 807 g/mol. The van der Waals surface area contributed by atoms with Gasteiger partial charge in [0.1, 0.15) is 24.5 Å². The van der Waals surface area contributed by atoms with E-state index in [1.54, 1.807) is 11.8 Å². The molecule has 6 atom stereocenters. The van der Waals surface area contributed by atoms with Gasteiger partial charge in [-0.15, -0.1) is 35.3 Å². The molecule has 3 saturated heterocycles. The van der Waals surface area contributed by atoms with Crippen molar-refractivity contribution in [2.45, 2.75) is 51.6 Å². The second-order valence-corrected chi connectivity index (χ2v) is 11.2. The maximum Gasteiger partial charge on any atom is 0.165 e. The molecule has 3 fully saturated rings. The quantitative estimate of drug-likeness (QED) is 0.292. The Hall–Kier alpha value is 3.79. The van der Waals surface area contributed by atoms with E-state index < -0.39 is 6.29 Å². The molecule has 1 N–H and O–H groups in total. The van der Waals surface area contributed by atoms with Gasteiger partial charge >= 0.3 is 0 Å². The minimum atomic E-state index is -0.514. The molecule has 0 aromatic carbocycles. The first-order chi connectivity index (χ1) is 9.86. The number of thioether (sulfide) groups is 3. The van der Waals surface area contributed by atoms with Crippen molar-refractivity contribution in [1.29, 1.82) is 0 Å². The van der Waals surface area contributed by atoms with Crippen LogP contribution in [0.15, 0.2) is 0 Å². The second-order valence-electron chi connectivity index (χ2n) is 4.39. The average Bonchev–Trinajstić information content (AvgIpc) is 3.06. The maximum absolute atomic E-state index is 8.66. The van der Waals surface area contributed by atoms with E-state index in [1.165, 1.54) is 0 Å². The van der Waals surface area contributed by atoms with Gasteiger partial charge in [0.2, 0.25) is 0 Å². The molecule has 0 spiro atoms. The molecule has 3 aliphatic heterocycles. The smallest absolute Gasteiger partial charge is 0.165 e. The molecule has 1 unspecified atom stereocenters. The van der Waals surface area contributed by atoms with E-state index in [0.29, 0.717) is 19.1 Å². The van der Waals surface area contributed by atoms with Crippen LogP contribution in [0.1, 0.15) is 20.8 Å². The zero-order chi connectivity index (χ0) is 15.8. The number of halogens is 2. The van der Waals surface area contributed by atoms with Gasteiger partial charge in [-0.25, -0.2) is 0 Å². The van der Waals surface area contributed by atoms with Crippen LogP contribution in [0, 0.1) is 44.1 Å². The fourth-order valence-corrected chi connectivity index (χ4v) is 6.19. The van der Waals surface area contributed by atoms with E-state index in [4.69, 9.17) is 19.3 Å². The Morgan fingerprint density at radius 3 is 1.23 bits per heavy atom. The second kappa shape index (κ2) is 14.8. The summed E-state index contributed by atoms with van der Waals surface area (Å²) in [6.07, 6.45) is -0.514. The van der Waals surface area contributed by atoms with Crippen molar-refractivity contribution >= 4 is 80.5 Å². The van der Waals surface area contributed by atoms with Crippen LogP contribution in [-0.2, 0) is 14.2 Å². The Bertz CT molecular complexity index is 230. The molecule has 1 radical (unpaired) electrons. The molecule has 0 amide bonds. The number of rotatable bonds is 0. The molecule has 3 aliphatic rings. The van der Waals surface area contributed by atoms with E-state index in [0.717, 1.165) is 17.3 Å². The number of hydrogen-bond acceptors (Lipinski definition) is 7. The molecule has 3 heterocycles. The molecule has 0 bridgehead atoms. The summed E-state index contributed by atoms with van der Waals surface area (Å²) in [7, 11) is 0. The summed E-state index contributed by atoms with van der Waals surface area (Å²) < 4.78 is 16.4. The van der Waals surface area contributed by atoms with Gasteiger partial charge in [-0.3, -0.25) is 0 Å². The summed E-state index contributed by atoms with van der Waals surface area (Å²) in [5.41, 5.74) is 1.05. The van der Waals surface area contributed by atoms with Crippen molar-refractivity contribution in [3.05, 3.63) is 0 Å². The Morgan fingerprint density at radius 2 is 1.14 bits per heavy atom. The van der Waals surface area contributed by atoms with Gasteiger partial charge < -0.3 is 19.3 Å². The third-order valence-electron chi connectivity index (χ3n) is 2.42. The summed E-state index contributed by atoms with van der Waals surface area (Å²) in [5.74, 6) is 3.03. The van der Waals surface area contributed by atoms with Crippen molar-refractivity contribution < 1.29 is 63.4 Å². The molecular formula is C12H22AcI2O4S3. The van der Waals surface area contributed by atoms with Crippen LogP contribution in [0.5, 0.6) is 0 Å². The monoisotopic (exact) mass is 807 g/mol. The molecule has 3 rings (SSSR count). The first kappa shape index (κ1) is 25.8. The summed E-state index contributed by atoms with van der Waals surface area (Å²) in [6, 6.07) is 0. The third-order valence-corrected chi connectivity index (χ3v) is 8.30. The SMILES string of the molecule is C[C@H]1OC(O)CS1.C[C@H]1O[C@@H](I)CS1.C[C@H]1O[C@H](I)CS1.[Ac]. The molecule has 0 aromatic rings. The van der Waals surface area contributed by atoms with E-state index in [9.17, 15) is 0 Å². The fourth-order valence-electron chi connectivity index (χ4n) is 1.51. The van der Waals surface area contributed by atoms with E-state index in [1.807, 2.05) is 30.4 Å². The van der Waals surface area contributed by atoms with Gasteiger partial charge in [-0.1, -0.05) is 45.2 Å². The zero-order valence-electron chi connectivity index (χ0n) is 12.8. The Kier molecular flexibility index (Phi) is 17.4. The van der Waals surface area contributed by atoms with E-state index >= 15 is 0 Å². The first-order valence-electron chi connectivity index (χ1n) is 6.64. The van der Waals surface area contributed by atoms with Crippen LogP contribution >= 0.6 is 80.5 Å². The van der Waals surface area contributed by atoms with Gasteiger partial charge in [0, 0.05) is 61.3 Å². The van der Waals surface area contributed by atoms with Crippen LogP contribution in [0.2, 0.25) is 0 Å². The Morgan fingerprint density at radius 1 is 0.773 bits per heavy atom.